The lowest BCUT2D eigenvalue weighted by Gasteiger charge is -2.07. The number of nitrogens with one attached hydrogen (secondary N) is 1. The molecule has 1 aliphatic rings. The van der Waals surface area contributed by atoms with Gasteiger partial charge in [0.05, 0.1) is 12.3 Å². The van der Waals surface area contributed by atoms with Gasteiger partial charge in [-0.1, -0.05) is 5.10 Å². The van der Waals surface area contributed by atoms with Crippen molar-refractivity contribution in [2.45, 2.75) is 6.04 Å². The van der Waals surface area contributed by atoms with E-state index in [2.05, 4.69) is 5.10 Å². The molecule has 0 saturated heterocycles. The van der Waals surface area contributed by atoms with Crippen molar-refractivity contribution < 1.29 is 5.17 Å². The molecular weight excluding hydrogens is 94.1 g/mol. The van der Waals surface area contributed by atoms with Gasteiger partial charge in [0.25, 0.3) is 0 Å². The van der Waals surface area contributed by atoms with E-state index in [1.807, 2.05) is 0 Å². The number of nitrogens with two attached hydrogens (primary N) is 1. The van der Waals surface area contributed by atoms with Gasteiger partial charge in [0.2, 0.25) is 0 Å². The first-order chi connectivity index (χ1) is 3.29. The summed E-state index contributed by atoms with van der Waals surface area (Å²) in [5.41, 5.74) is 5.26. The zero-order valence-corrected chi connectivity index (χ0v) is 3.79. The Kier molecular flexibility index (Phi) is 1.06. The van der Waals surface area contributed by atoms with Crippen molar-refractivity contribution in [3.05, 3.63) is 5.21 Å². The molecule has 0 spiro atoms. The van der Waals surface area contributed by atoms with Crippen molar-refractivity contribution in [2.24, 2.45) is 10.8 Å². The molecule has 1 aliphatic heterocycles. The maximum absolute atomic E-state index is 10.2. The summed E-state index contributed by atoms with van der Waals surface area (Å²) < 4.78 is 0. The molecule has 0 saturated carbocycles. The molecule has 1 rings (SSSR count). The Balaban J connectivity index is 2.42. The molecule has 4 nitrogen and oxygen atoms in total. The molecule has 0 amide bonds. The SMILES string of the molecule is NC1C=N[NH+]([O-])C1. The third-order valence-electron chi connectivity index (χ3n) is 0.820. The number of rotatable bonds is 0. The first-order valence-electron chi connectivity index (χ1n) is 2.11. The molecule has 0 aromatic heterocycles. The lowest BCUT2D eigenvalue weighted by atomic mass is 10.4. The molecule has 40 valence electrons. The molecule has 0 aliphatic carbocycles. The van der Waals surface area contributed by atoms with Gasteiger partial charge >= 0.3 is 0 Å². The van der Waals surface area contributed by atoms with Crippen molar-refractivity contribution in [3.63, 3.8) is 0 Å². The summed E-state index contributed by atoms with van der Waals surface area (Å²) in [7, 11) is 0. The molecule has 2 unspecified atom stereocenters. The van der Waals surface area contributed by atoms with E-state index >= 15 is 0 Å². The Morgan fingerprint density at radius 3 is 2.86 bits per heavy atom. The molecule has 1 heterocycles. The van der Waals surface area contributed by atoms with Crippen molar-refractivity contribution >= 4 is 6.21 Å². The van der Waals surface area contributed by atoms with E-state index in [0.717, 1.165) is 0 Å². The Hall–Kier alpha value is -0.450. The maximum atomic E-state index is 10.2. The number of quaternary nitrogens is 1. The summed E-state index contributed by atoms with van der Waals surface area (Å²) in [4.78, 5) is 0. The fourth-order valence-electron chi connectivity index (χ4n) is 0.486. The van der Waals surface area contributed by atoms with Gasteiger partial charge < -0.3 is 10.9 Å². The highest BCUT2D eigenvalue weighted by Crippen LogP contribution is 1.69. The summed E-state index contributed by atoms with van der Waals surface area (Å²) >= 11 is 0. The second kappa shape index (κ2) is 1.57. The third-order valence-corrected chi connectivity index (χ3v) is 0.820. The summed E-state index contributed by atoms with van der Waals surface area (Å²) in [6.07, 6.45) is 1.47. The molecule has 0 fully saturated rings. The van der Waals surface area contributed by atoms with Crippen molar-refractivity contribution in [1.82, 2.24) is 0 Å². The molecule has 4 heteroatoms. The van der Waals surface area contributed by atoms with Crippen LogP contribution in [0.2, 0.25) is 0 Å². The smallest absolute Gasteiger partial charge is 0.122 e. The van der Waals surface area contributed by atoms with E-state index in [0.29, 0.717) is 6.54 Å². The summed E-state index contributed by atoms with van der Waals surface area (Å²) in [5.74, 6) is 0. The van der Waals surface area contributed by atoms with Crippen LogP contribution in [0, 0.1) is 5.21 Å². The van der Waals surface area contributed by atoms with E-state index in [-0.39, 0.29) is 11.2 Å². The predicted octanol–water partition coefficient (Wildman–Crippen LogP) is -2.30. The fourth-order valence-corrected chi connectivity index (χ4v) is 0.486. The molecule has 0 radical (unpaired) electrons. The van der Waals surface area contributed by atoms with Gasteiger partial charge in [0.1, 0.15) is 6.54 Å². The highest BCUT2D eigenvalue weighted by Gasteiger charge is 2.09. The monoisotopic (exact) mass is 101 g/mol. The minimum Gasteiger partial charge on any atom is -0.606 e. The normalized spacial score (nSPS) is 39.7. The van der Waals surface area contributed by atoms with Crippen LogP contribution in [0.15, 0.2) is 5.10 Å². The first kappa shape index (κ1) is 4.70. The topological polar surface area (TPSA) is 65.9 Å². The minimum absolute atomic E-state index is 0.104. The molecule has 3 N–H and O–H groups in total. The van der Waals surface area contributed by atoms with Gasteiger partial charge in [0, 0.05) is 0 Å². The van der Waals surface area contributed by atoms with E-state index in [4.69, 9.17) is 5.73 Å². The average molecular weight is 101 g/mol. The van der Waals surface area contributed by atoms with Gasteiger partial charge in [-0.25, -0.2) is 5.17 Å². The molecule has 2 atom stereocenters. The predicted molar refractivity (Wildman–Crippen MR) is 25.7 cm³/mol. The van der Waals surface area contributed by atoms with Crippen LogP contribution in [0.25, 0.3) is 0 Å². The molecule has 0 aromatic rings. The van der Waals surface area contributed by atoms with Gasteiger partial charge in [0.15, 0.2) is 0 Å². The molecular formula is C3H7N3O. The van der Waals surface area contributed by atoms with E-state index in [1.54, 1.807) is 0 Å². The van der Waals surface area contributed by atoms with Crippen LogP contribution in [0.4, 0.5) is 0 Å². The quantitative estimate of drug-likeness (QED) is 0.337. The van der Waals surface area contributed by atoms with Crippen LogP contribution in [0.5, 0.6) is 0 Å². The van der Waals surface area contributed by atoms with Crippen LogP contribution in [-0.4, -0.2) is 18.8 Å². The molecule has 7 heavy (non-hydrogen) atoms. The second-order valence-corrected chi connectivity index (χ2v) is 1.54. The van der Waals surface area contributed by atoms with Crippen molar-refractivity contribution in [1.29, 1.82) is 0 Å². The Morgan fingerprint density at radius 2 is 2.71 bits per heavy atom. The molecule has 0 bridgehead atoms. The first-order valence-corrected chi connectivity index (χ1v) is 2.11. The Bertz CT molecular complexity index is 82.2. The summed E-state index contributed by atoms with van der Waals surface area (Å²) in [6.45, 7) is 0.389. The fraction of sp³-hybridized carbons (Fsp3) is 0.667. The average Bonchev–Trinajstić information content (AvgIpc) is 1.87. The molecule has 0 aromatic carbocycles. The zero-order valence-electron chi connectivity index (χ0n) is 3.79. The minimum atomic E-state index is -0.118. The van der Waals surface area contributed by atoms with Gasteiger partial charge in [-0.2, -0.15) is 0 Å². The Morgan fingerprint density at radius 1 is 2.00 bits per heavy atom. The van der Waals surface area contributed by atoms with E-state index < -0.39 is 0 Å². The van der Waals surface area contributed by atoms with Crippen LogP contribution in [0.1, 0.15) is 0 Å². The lowest BCUT2D eigenvalue weighted by Crippen LogP contribution is -3.01. The largest absolute Gasteiger partial charge is 0.606 e. The van der Waals surface area contributed by atoms with Gasteiger partial charge in [-0.05, 0) is 0 Å². The van der Waals surface area contributed by atoms with Crippen molar-refractivity contribution in [2.75, 3.05) is 6.54 Å². The summed E-state index contributed by atoms with van der Waals surface area (Å²) in [5, 5.41) is 13.5. The lowest BCUT2D eigenvalue weighted by molar-refractivity contribution is -0.848. The Labute approximate surface area is 41.2 Å². The number of hydrogen-bond donors (Lipinski definition) is 2. The highest BCUT2D eigenvalue weighted by molar-refractivity contribution is 5.64. The van der Waals surface area contributed by atoms with E-state index in [1.165, 1.54) is 6.21 Å². The standard InChI is InChI=1S/C3H7N3O/c4-3-1-5-6(7)2-3/h1,3,6H,2,4H2. The van der Waals surface area contributed by atoms with E-state index in [9.17, 15) is 5.21 Å². The third kappa shape index (κ3) is 0.957. The van der Waals surface area contributed by atoms with Crippen molar-refractivity contribution in [3.8, 4) is 0 Å². The number of hydroxylamine groups is 1. The summed E-state index contributed by atoms with van der Waals surface area (Å²) in [6, 6.07) is -0.118. The maximum Gasteiger partial charge on any atom is 0.122 e. The van der Waals surface area contributed by atoms with Gasteiger partial charge in [-0.3, -0.25) is 0 Å². The zero-order chi connectivity index (χ0) is 5.28. The number of hydrogen-bond acceptors (Lipinski definition) is 3. The van der Waals surface area contributed by atoms with Crippen LogP contribution >= 0.6 is 0 Å². The van der Waals surface area contributed by atoms with Crippen LogP contribution in [-0.2, 0) is 0 Å². The number of nitrogens with zero attached hydrogens (tertiary/aromatic N) is 1. The van der Waals surface area contributed by atoms with Crippen LogP contribution < -0.4 is 10.9 Å². The van der Waals surface area contributed by atoms with Crippen LogP contribution in [0.3, 0.4) is 0 Å². The second-order valence-electron chi connectivity index (χ2n) is 1.54. The van der Waals surface area contributed by atoms with Gasteiger partial charge in [-0.15, -0.1) is 0 Å². The highest BCUT2D eigenvalue weighted by atomic mass is 16.5.